The van der Waals surface area contributed by atoms with Crippen LogP contribution in [0.1, 0.15) is 45.4 Å². The maximum absolute atomic E-state index is 12.7. The number of ether oxygens (including phenoxy) is 1. The average molecular weight is 426 g/mol. The van der Waals surface area contributed by atoms with E-state index in [1.807, 2.05) is 30.4 Å². The molecule has 1 atom stereocenters. The van der Waals surface area contributed by atoms with Crippen LogP contribution in [0, 0.1) is 6.92 Å². The third kappa shape index (κ3) is 4.39. The second kappa shape index (κ2) is 8.97. The van der Waals surface area contributed by atoms with E-state index in [9.17, 15) is 4.79 Å². The zero-order valence-electron chi connectivity index (χ0n) is 17.6. The van der Waals surface area contributed by atoms with Crippen LogP contribution in [-0.4, -0.2) is 45.8 Å². The topological polar surface area (TPSA) is 72.3 Å². The molecule has 3 heterocycles. The standard InChI is InChI=1S/C22H27N5O2S/c1-15-8-12-30-19(15)14-26-9-7-20-24-25-21(27(20)11-10-26)16(2)23-22(28)17-5-4-6-18(13-17)29-3/h4-6,8,12-13,16H,7,9-11,14H2,1-3H3,(H,23,28). The van der Waals surface area contributed by atoms with E-state index in [2.05, 4.69) is 43.4 Å². The third-order valence-corrected chi connectivity index (χ3v) is 6.56. The van der Waals surface area contributed by atoms with E-state index >= 15 is 0 Å². The number of carbonyl (C=O) groups excluding carboxylic acids is 1. The minimum Gasteiger partial charge on any atom is -0.497 e. The molecular formula is C22H27N5O2S. The molecule has 1 N–H and O–H groups in total. The van der Waals surface area contributed by atoms with Crippen LogP contribution < -0.4 is 10.1 Å². The largest absolute Gasteiger partial charge is 0.497 e. The van der Waals surface area contributed by atoms with E-state index < -0.39 is 0 Å². The number of amides is 1. The molecule has 3 aromatic rings. The van der Waals surface area contributed by atoms with Crippen molar-refractivity contribution >= 4 is 17.2 Å². The fraction of sp³-hybridized carbons (Fsp3) is 0.409. The first-order valence-corrected chi connectivity index (χ1v) is 11.1. The van der Waals surface area contributed by atoms with E-state index in [4.69, 9.17) is 4.74 Å². The molecule has 0 bridgehead atoms. The molecule has 8 heteroatoms. The van der Waals surface area contributed by atoms with Crippen molar-refractivity contribution in [3.05, 3.63) is 63.4 Å². The van der Waals surface area contributed by atoms with Crippen molar-refractivity contribution < 1.29 is 9.53 Å². The van der Waals surface area contributed by atoms with Gasteiger partial charge in [-0.15, -0.1) is 21.5 Å². The number of aromatic nitrogens is 3. The number of hydrogen-bond acceptors (Lipinski definition) is 6. The molecule has 1 amide bonds. The van der Waals surface area contributed by atoms with E-state index in [1.54, 1.807) is 19.2 Å². The monoisotopic (exact) mass is 425 g/mol. The van der Waals surface area contributed by atoms with Gasteiger partial charge in [-0.1, -0.05) is 6.07 Å². The van der Waals surface area contributed by atoms with E-state index in [-0.39, 0.29) is 11.9 Å². The van der Waals surface area contributed by atoms with Crippen molar-refractivity contribution in [2.24, 2.45) is 0 Å². The average Bonchev–Trinajstić information content (AvgIpc) is 3.30. The lowest BCUT2D eigenvalue weighted by Gasteiger charge is -2.20. The number of rotatable bonds is 6. The number of hydrogen-bond donors (Lipinski definition) is 1. The fourth-order valence-electron chi connectivity index (χ4n) is 3.75. The number of carbonyl (C=O) groups is 1. The molecule has 0 saturated carbocycles. The van der Waals surface area contributed by atoms with Crippen LogP contribution in [0.25, 0.3) is 0 Å². The van der Waals surface area contributed by atoms with Gasteiger partial charge in [-0.05, 0) is 49.1 Å². The van der Waals surface area contributed by atoms with Gasteiger partial charge in [0.2, 0.25) is 0 Å². The number of fused-ring (bicyclic) bond motifs is 1. The van der Waals surface area contributed by atoms with Crippen molar-refractivity contribution in [1.82, 2.24) is 25.0 Å². The molecule has 30 heavy (non-hydrogen) atoms. The summed E-state index contributed by atoms with van der Waals surface area (Å²) in [6, 6.07) is 9.08. The van der Waals surface area contributed by atoms with Crippen LogP contribution in [0.5, 0.6) is 5.75 Å². The number of nitrogens with one attached hydrogen (secondary N) is 1. The molecule has 1 aromatic carbocycles. The zero-order chi connectivity index (χ0) is 21.1. The van der Waals surface area contributed by atoms with E-state index in [1.165, 1.54) is 10.4 Å². The molecular weight excluding hydrogens is 398 g/mol. The van der Waals surface area contributed by atoms with Gasteiger partial charge in [0.1, 0.15) is 11.6 Å². The van der Waals surface area contributed by atoms with Gasteiger partial charge >= 0.3 is 0 Å². The van der Waals surface area contributed by atoms with Gasteiger partial charge in [-0.3, -0.25) is 9.69 Å². The normalized spacial score (nSPS) is 15.3. The predicted octanol–water partition coefficient (Wildman–Crippen LogP) is 3.21. The summed E-state index contributed by atoms with van der Waals surface area (Å²) in [5.74, 6) is 2.29. The molecule has 0 saturated heterocycles. The lowest BCUT2D eigenvalue weighted by atomic mass is 10.2. The lowest BCUT2D eigenvalue weighted by molar-refractivity contribution is 0.0937. The van der Waals surface area contributed by atoms with Gasteiger partial charge in [0.25, 0.3) is 5.91 Å². The summed E-state index contributed by atoms with van der Waals surface area (Å²) < 4.78 is 7.38. The zero-order valence-corrected chi connectivity index (χ0v) is 18.4. The van der Waals surface area contributed by atoms with Crippen LogP contribution in [0.2, 0.25) is 0 Å². The van der Waals surface area contributed by atoms with Gasteiger partial charge in [-0.2, -0.15) is 0 Å². The van der Waals surface area contributed by atoms with Gasteiger partial charge in [0, 0.05) is 43.0 Å². The highest BCUT2D eigenvalue weighted by atomic mass is 32.1. The van der Waals surface area contributed by atoms with Crippen LogP contribution in [0.4, 0.5) is 0 Å². The summed E-state index contributed by atoms with van der Waals surface area (Å²) in [4.78, 5) is 16.6. The quantitative estimate of drug-likeness (QED) is 0.657. The summed E-state index contributed by atoms with van der Waals surface area (Å²) in [6.07, 6.45) is 0.855. The Balaban J connectivity index is 1.43. The van der Waals surface area contributed by atoms with Crippen molar-refractivity contribution in [2.75, 3.05) is 20.2 Å². The van der Waals surface area contributed by atoms with Gasteiger partial charge < -0.3 is 14.6 Å². The summed E-state index contributed by atoms with van der Waals surface area (Å²) in [7, 11) is 1.59. The first-order valence-electron chi connectivity index (χ1n) is 10.2. The minimum absolute atomic E-state index is 0.151. The number of thiophene rings is 1. The van der Waals surface area contributed by atoms with Crippen molar-refractivity contribution in [2.45, 2.75) is 39.4 Å². The van der Waals surface area contributed by atoms with Gasteiger partial charge in [0.15, 0.2) is 5.82 Å². The molecule has 4 rings (SSSR count). The first kappa shape index (κ1) is 20.6. The molecule has 0 aliphatic carbocycles. The molecule has 0 fully saturated rings. The SMILES string of the molecule is COc1cccc(C(=O)NC(C)c2nnc3n2CCN(Cc2sccc2C)CC3)c1. The number of aryl methyl sites for hydroxylation is 1. The fourth-order valence-corrected chi connectivity index (χ4v) is 4.69. The Labute approximate surface area is 180 Å². The maximum atomic E-state index is 12.7. The summed E-state index contributed by atoms with van der Waals surface area (Å²) in [6.45, 7) is 7.81. The predicted molar refractivity (Wildman–Crippen MR) is 117 cm³/mol. The Morgan fingerprint density at radius 2 is 2.13 bits per heavy atom. The molecule has 1 unspecified atom stereocenters. The molecule has 158 valence electrons. The molecule has 1 aliphatic heterocycles. The Kier molecular flexibility index (Phi) is 6.15. The summed E-state index contributed by atoms with van der Waals surface area (Å²) in [5.41, 5.74) is 1.92. The van der Waals surface area contributed by atoms with Crippen LogP contribution in [0.3, 0.4) is 0 Å². The summed E-state index contributed by atoms with van der Waals surface area (Å²) >= 11 is 1.82. The van der Waals surface area contributed by atoms with Crippen molar-refractivity contribution in [3.8, 4) is 5.75 Å². The van der Waals surface area contributed by atoms with E-state index in [0.29, 0.717) is 11.3 Å². The molecule has 1 aliphatic rings. The third-order valence-electron chi connectivity index (χ3n) is 5.55. The maximum Gasteiger partial charge on any atom is 0.251 e. The lowest BCUT2D eigenvalue weighted by Crippen LogP contribution is -2.30. The first-order chi connectivity index (χ1) is 14.5. The summed E-state index contributed by atoms with van der Waals surface area (Å²) in [5, 5.41) is 14.0. The minimum atomic E-state index is -0.240. The highest BCUT2D eigenvalue weighted by Crippen LogP contribution is 2.21. The number of nitrogens with zero attached hydrogens (tertiary/aromatic N) is 4. The Bertz CT molecular complexity index is 1030. The smallest absolute Gasteiger partial charge is 0.251 e. The van der Waals surface area contributed by atoms with Crippen molar-refractivity contribution in [1.29, 1.82) is 0 Å². The van der Waals surface area contributed by atoms with E-state index in [0.717, 1.165) is 44.2 Å². The van der Waals surface area contributed by atoms with Gasteiger partial charge in [0.05, 0.1) is 13.2 Å². The molecule has 7 nitrogen and oxygen atoms in total. The highest BCUT2D eigenvalue weighted by Gasteiger charge is 2.23. The number of methoxy groups -OCH3 is 1. The second-order valence-electron chi connectivity index (χ2n) is 7.61. The van der Waals surface area contributed by atoms with Crippen molar-refractivity contribution in [3.63, 3.8) is 0 Å². The van der Waals surface area contributed by atoms with Crippen LogP contribution >= 0.6 is 11.3 Å². The Hall–Kier alpha value is -2.71. The van der Waals surface area contributed by atoms with Crippen LogP contribution in [0.15, 0.2) is 35.7 Å². The highest BCUT2D eigenvalue weighted by molar-refractivity contribution is 7.10. The second-order valence-corrected chi connectivity index (χ2v) is 8.61. The Morgan fingerprint density at radius 1 is 1.27 bits per heavy atom. The molecule has 2 aromatic heterocycles. The molecule has 0 radical (unpaired) electrons. The van der Waals surface area contributed by atoms with Crippen LogP contribution in [-0.2, 0) is 19.5 Å². The van der Waals surface area contributed by atoms with Gasteiger partial charge in [-0.25, -0.2) is 0 Å². The molecule has 0 spiro atoms. The Morgan fingerprint density at radius 3 is 2.90 bits per heavy atom. The number of benzene rings is 1.